The van der Waals surface area contributed by atoms with Crippen molar-refractivity contribution in [2.45, 2.75) is 24.0 Å². The van der Waals surface area contributed by atoms with Crippen LogP contribution < -0.4 is 10.1 Å². The molecule has 1 aliphatic rings. The molecule has 3 heteroatoms. The number of rotatable bonds is 2. The van der Waals surface area contributed by atoms with E-state index in [1.54, 1.807) is 0 Å². The fraction of sp³-hybridized carbons (Fsp3) is 0.455. The Kier molecular flexibility index (Phi) is 2.87. The van der Waals surface area contributed by atoms with Gasteiger partial charge in [-0.05, 0) is 19.1 Å². The van der Waals surface area contributed by atoms with Crippen LogP contribution in [-0.2, 0) is 0 Å². The molecule has 0 fully saturated rings. The average molecular weight is 209 g/mol. The molecule has 1 unspecified atom stereocenters. The van der Waals surface area contributed by atoms with Gasteiger partial charge in [-0.15, -0.1) is 11.8 Å². The van der Waals surface area contributed by atoms with E-state index in [1.807, 2.05) is 24.8 Å². The molecule has 76 valence electrons. The molecule has 0 aromatic heterocycles. The highest BCUT2D eigenvalue weighted by Crippen LogP contribution is 2.40. The first-order chi connectivity index (χ1) is 6.81. The van der Waals surface area contributed by atoms with Crippen LogP contribution in [0, 0.1) is 0 Å². The second-order valence-electron chi connectivity index (χ2n) is 3.37. The maximum absolute atomic E-state index is 5.56. The van der Waals surface area contributed by atoms with Crippen LogP contribution in [0.3, 0.4) is 0 Å². The molecule has 0 spiro atoms. The molecular weight excluding hydrogens is 194 g/mol. The maximum atomic E-state index is 5.56. The van der Waals surface area contributed by atoms with Crippen LogP contribution in [0.2, 0.25) is 0 Å². The van der Waals surface area contributed by atoms with Gasteiger partial charge in [-0.2, -0.15) is 0 Å². The Morgan fingerprint density at radius 2 is 2.43 bits per heavy atom. The van der Waals surface area contributed by atoms with Gasteiger partial charge in [0.15, 0.2) is 0 Å². The molecular formula is C11H15NOS. The van der Waals surface area contributed by atoms with Crippen LogP contribution >= 0.6 is 11.8 Å². The van der Waals surface area contributed by atoms with Gasteiger partial charge in [0.2, 0.25) is 0 Å². The molecule has 2 rings (SSSR count). The first kappa shape index (κ1) is 9.71. The van der Waals surface area contributed by atoms with Gasteiger partial charge in [-0.25, -0.2) is 0 Å². The van der Waals surface area contributed by atoms with Crippen molar-refractivity contribution in [3.8, 4) is 5.75 Å². The van der Waals surface area contributed by atoms with Crippen LogP contribution in [0.4, 0.5) is 5.69 Å². The summed E-state index contributed by atoms with van der Waals surface area (Å²) in [5.41, 5.74) is 1.16. The first-order valence-electron chi connectivity index (χ1n) is 4.97. The summed E-state index contributed by atoms with van der Waals surface area (Å²) in [6, 6.07) is 6.22. The third kappa shape index (κ3) is 1.82. The monoisotopic (exact) mass is 209 g/mol. The Labute approximate surface area is 89.0 Å². The molecule has 2 nitrogen and oxygen atoms in total. The van der Waals surface area contributed by atoms with E-state index in [9.17, 15) is 0 Å². The van der Waals surface area contributed by atoms with Crippen molar-refractivity contribution < 1.29 is 4.74 Å². The summed E-state index contributed by atoms with van der Waals surface area (Å²) in [6.07, 6.45) is 0. The molecule has 0 amide bonds. The zero-order valence-corrected chi connectivity index (χ0v) is 9.36. The number of benzene rings is 1. The fourth-order valence-electron chi connectivity index (χ4n) is 1.56. The molecule has 1 aromatic rings. The normalized spacial score (nSPS) is 19.7. The van der Waals surface area contributed by atoms with Crippen LogP contribution in [0.1, 0.15) is 13.8 Å². The van der Waals surface area contributed by atoms with Gasteiger partial charge in [-0.1, -0.05) is 13.0 Å². The minimum atomic E-state index is 0.638. The molecule has 1 heterocycles. The van der Waals surface area contributed by atoms with E-state index in [0.717, 1.165) is 24.6 Å². The van der Waals surface area contributed by atoms with E-state index in [2.05, 4.69) is 24.4 Å². The van der Waals surface area contributed by atoms with E-state index in [4.69, 9.17) is 4.74 Å². The summed E-state index contributed by atoms with van der Waals surface area (Å²) in [5, 5.41) is 4.06. The molecule has 1 atom stereocenters. The van der Waals surface area contributed by atoms with E-state index < -0.39 is 0 Å². The molecule has 0 saturated carbocycles. The zero-order valence-electron chi connectivity index (χ0n) is 8.54. The molecule has 0 saturated heterocycles. The second kappa shape index (κ2) is 4.13. The molecule has 1 N–H and O–H groups in total. The number of para-hydroxylation sites is 1. The van der Waals surface area contributed by atoms with Gasteiger partial charge < -0.3 is 10.1 Å². The molecule has 1 aromatic carbocycles. The van der Waals surface area contributed by atoms with Crippen molar-refractivity contribution in [3.05, 3.63) is 18.2 Å². The number of nitrogens with one attached hydrogen (secondary N) is 1. The third-order valence-corrected chi connectivity index (χ3v) is 3.35. The predicted octanol–water partition coefficient (Wildman–Crippen LogP) is 2.99. The molecule has 1 aliphatic heterocycles. The van der Waals surface area contributed by atoms with Gasteiger partial charge in [0, 0.05) is 16.7 Å². The van der Waals surface area contributed by atoms with Gasteiger partial charge in [0.25, 0.3) is 0 Å². The Morgan fingerprint density at radius 1 is 1.57 bits per heavy atom. The smallest absolute Gasteiger partial charge is 0.143 e. The summed E-state index contributed by atoms with van der Waals surface area (Å²) in [5.74, 6) is 0.976. The van der Waals surface area contributed by atoms with Crippen LogP contribution in [0.15, 0.2) is 23.1 Å². The first-order valence-corrected chi connectivity index (χ1v) is 5.85. The van der Waals surface area contributed by atoms with Gasteiger partial charge in [0.1, 0.15) is 5.75 Å². The second-order valence-corrected chi connectivity index (χ2v) is 4.85. The van der Waals surface area contributed by atoms with Crippen LogP contribution in [0.25, 0.3) is 0 Å². The largest absolute Gasteiger partial charge is 0.492 e. The topological polar surface area (TPSA) is 21.3 Å². The van der Waals surface area contributed by atoms with Gasteiger partial charge >= 0.3 is 0 Å². The number of thioether (sulfide) groups is 1. The van der Waals surface area contributed by atoms with Crippen molar-refractivity contribution >= 4 is 17.4 Å². The van der Waals surface area contributed by atoms with Gasteiger partial charge in [0.05, 0.1) is 12.3 Å². The molecule has 0 radical (unpaired) electrons. The summed E-state index contributed by atoms with van der Waals surface area (Å²) < 4.78 is 5.56. The maximum Gasteiger partial charge on any atom is 0.143 e. The summed E-state index contributed by atoms with van der Waals surface area (Å²) in [6.45, 7) is 5.98. The number of ether oxygens (including phenoxy) is 1. The number of anilines is 1. The van der Waals surface area contributed by atoms with Crippen molar-refractivity contribution in [2.75, 3.05) is 18.5 Å². The highest BCUT2D eigenvalue weighted by Gasteiger charge is 2.17. The minimum Gasteiger partial charge on any atom is -0.492 e. The SMILES string of the molecule is CCOc1cccc2c1NCC(C)S2. The Balaban J connectivity index is 2.31. The fourth-order valence-corrected chi connectivity index (χ4v) is 2.61. The number of hydrogen-bond acceptors (Lipinski definition) is 3. The summed E-state index contributed by atoms with van der Waals surface area (Å²) in [7, 11) is 0. The number of fused-ring (bicyclic) bond motifs is 1. The van der Waals surface area contributed by atoms with Crippen molar-refractivity contribution in [3.63, 3.8) is 0 Å². The standard InChI is InChI=1S/C11H15NOS/c1-3-13-9-5-4-6-10-11(9)12-7-8(2)14-10/h4-6,8,12H,3,7H2,1-2H3. The Bertz CT molecular complexity index is 313. The van der Waals surface area contributed by atoms with Crippen molar-refractivity contribution in [1.82, 2.24) is 0 Å². The Morgan fingerprint density at radius 3 is 3.21 bits per heavy atom. The lowest BCUT2D eigenvalue weighted by atomic mass is 10.2. The summed E-state index contributed by atoms with van der Waals surface area (Å²) in [4.78, 5) is 1.30. The predicted molar refractivity (Wildman–Crippen MR) is 61.4 cm³/mol. The Hall–Kier alpha value is -0.830. The number of hydrogen-bond donors (Lipinski definition) is 1. The quantitative estimate of drug-likeness (QED) is 0.809. The van der Waals surface area contributed by atoms with E-state index >= 15 is 0 Å². The molecule has 0 aliphatic carbocycles. The van der Waals surface area contributed by atoms with Crippen LogP contribution in [0.5, 0.6) is 5.75 Å². The minimum absolute atomic E-state index is 0.638. The summed E-state index contributed by atoms with van der Waals surface area (Å²) >= 11 is 1.91. The molecule has 14 heavy (non-hydrogen) atoms. The lowest BCUT2D eigenvalue weighted by Gasteiger charge is -2.24. The highest BCUT2D eigenvalue weighted by atomic mass is 32.2. The third-order valence-electron chi connectivity index (χ3n) is 2.18. The van der Waals surface area contributed by atoms with E-state index in [1.165, 1.54) is 4.90 Å². The zero-order chi connectivity index (χ0) is 9.97. The van der Waals surface area contributed by atoms with E-state index in [0.29, 0.717) is 5.25 Å². The lowest BCUT2D eigenvalue weighted by molar-refractivity contribution is 0.341. The van der Waals surface area contributed by atoms with Crippen molar-refractivity contribution in [2.24, 2.45) is 0 Å². The lowest BCUT2D eigenvalue weighted by Crippen LogP contribution is -2.18. The van der Waals surface area contributed by atoms with Crippen molar-refractivity contribution in [1.29, 1.82) is 0 Å². The van der Waals surface area contributed by atoms with E-state index in [-0.39, 0.29) is 0 Å². The highest BCUT2D eigenvalue weighted by molar-refractivity contribution is 8.00. The molecule has 0 bridgehead atoms. The average Bonchev–Trinajstić information content (AvgIpc) is 2.18. The van der Waals surface area contributed by atoms with Gasteiger partial charge in [-0.3, -0.25) is 0 Å². The van der Waals surface area contributed by atoms with Crippen LogP contribution in [-0.4, -0.2) is 18.4 Å².